The molecule has 0 aromatic heterocycles. The molecule has 4 aliphatic rings. The van der Waals surface area contributed by atoms with Crippen molar-refractivity contribution in [1.29, 1.82) is 0 Å². The Labute approximate surface area is 225 Å². The molecule has 7 heteroatoms. The minimum Gasteiger partial charge on any atom is -0.375 e. The highest BCUT2D eigenvalue weighted by Gasteiger charge is 2.55. The Kier molecular flexibility index (Phi) is 8.42. The van der Waals surface area contributed by atoms with E-state index in [4.69, 9.17) is 33.2 Å². The van der Waals surface area contributed by atoms with Crippen molar-refractivity contribution in [3.8, 4) is 0 Å². The van der Waals surface area contributed by atoms with E-state index in [2.05, 4.69) is 24.3 Å². The van der Waals surface area contributed by atoms with Crippen molar-refractivity contribution in [3.63, 3.8) is 0 Å². The molecule has 0 aliphatic carbocycles. The van der Waals surface area contributed by atoms with Crippen molar-refractivity contribution in [2.45, 2.75) is 100 Å². The van der Waals surface area contributed by atoms with Crippen molar-refractivity contribution >= 4 is 0 Å². The van der Waals surface area contributed by atoms with Crippen LogP contribution in [-0.4, -0.2) is 68.8 Å². The van der Waals surface area contributed by atoms with E-state index in [0.717, 1.165) is 56.3 Å². The Bertz CT molecular complexity index is 1000. The topological polar surface area (TPSA) is 64.6 Å². The zero-order chi connectivity index (χ0) is 25.8. The Hall–Kier alpha value is -1.84. The van der Waals surface area contributed by atoms with E-state index in [1.54, 1.807) is 7.11 Å². The van der Waals surface area contributed by atoms with Crippen LogP contribution in [0.2, 0.25) is 0 Å². The average molecular weight is 525 g/mol. The van der Waals surface area contributed by atoms with Crippen molar-refractivity contribution in [1.82, 2.24) is 0 Å². The van der Waals surface area contributed by atoms with Gasteiger partial charge in [0.1, 0.15) is 12.2 Å². The first kappa shape index (κ1) is 26.4. The highest BCUT2D eigenvalue weighted by atomic mass is 16.7. The molecule has 0 bridgehead atoms. The average Bonchev–Trinajstić information content (AvgIpc) is 3.12. The van der Waals surface area contributed by atoms with Gasteiger partial charge >= 0.3 is 0 Å². The third kappa shape index (κ3) is 5.85. The van der Waals surface area contributed by atoms with Gasteiger partial charge in [0.05, 0.1) is 50.3 Å². The van der Waals surface area contributed by atoms with Gasteiger partial charge in [-0.3, -0.25) is 0 Å². The fourth-order valence-electron chi connectivity index (χ4n) is 6.40. The Morgan fingerprint density at radius 1 is 0.816 bits per heavy atom. The molecular formula is C31H40O7. The minimum absolute atomic E-state index is 0.0577. The van der Waals surface area contributed by atoms with Crippen LogP contribution in [-0.2, 0) is 46.4 Å². The molecule has 2 aromatic rings. The van der Waals surface area contributed by atoms with Gasteiger partial charge in [-0.25, -0.2) is 0 Å². The van der Waals surface area contributed by atoms with Crippen LogP contribution in [0, 0.1) is 0 Å². The molecular weight excluding hydrogens is 484 g/mol. The van der Waals surface area contributed by atoms with Crippen LogP contribution in [0.15, 0.2) is 60.7 Å². The summed E-state index contributed by atoms with van der Waals surface area (Å²) in [5, 5.41) is 0. The van der Waals surface area contributed by atoms with E-state index in [0.29, 0.717) is 19.8 Å². The summed E-state index contributed by atoms with van der Waals surface area (Å²) in [6.45, 7) is 2.31. The Morgan fingerprint density at radius 2 is 1.58 bits per heavy atom. The third-order valence-electron chi connectivity index (χ3n) is 8.47. The fraction of sp³-hybridized carbons (Fsp3) is 0.613. The Morgan fingerprint density at radius 3 is 2.34 bits per heavy atom. The van der Waals surface area contributed by atoms with Gasteiger partial charge < -0.3 is 33.2 Å². The number of ether oxygens (including phenoxy) is 7. The maximum Gasteiger partial charge on any atom is 0.195 e. The molecule has 0 saturated carbocycles. The third-order valence-corrected chi connectivity index (χ3v) is 8.47. The molecule has 0 amide bonds. The minimum atomic E-state index is -0.762. The second-order valence-corrected chi connectivity index (χ2v) is 10.9. The standard InChI is InChI=1S/C31H40O7/c1-32-31-15-14-24-28(37-30(31)18-27-25(38-31)13-8-16-34-27)17-26(35-20-23-11-6-3-7-12-23)29(36-24)21-33-19-22-9-4-2-5-10-22/h2-7,9-12,24-30H,8,13-21H2,1H3/t24-,25-,26-,27+,28+,29+,30-,31+/m0/s1. The predicted molar refractivity (Wildman–Crippen MR) is 140 cm³/mol. The van der Waals surface area contributed by atoms with Crippen LogP contribution < -0.4 is 0 Å². The van der Waals surface area contributed by atoms with Crippen LogP contribution in [0.5, 0.6) is 0 Å². The number of hydrogen-bond acceptors (Lipinski definition) is 7. The monoisotopic (exact) mass is 524 g/mol. The number of benzene rings is 2. The molecule has 8 atom stereocenters. The van der Waals surface area contributed by atoms with E-state index in [-0.39, 0.29) is 42.7 Å². The van der Waals surface area contributed by atoms with Crippen LogP contribution >= 0.6 is 0 Å². The van der Waals surface area contributed by atoms with Crippen molar-refractivity contribution in [2.75, 3.05) is 20.3 Å². The van der Waals surface area contributed by atoms with E-state index in [1.165, 1.54) is 0 Å². The highest BCUT2D eigenvalue weighted by molar-refractivity contribution is 5.14. The van der Waals surface area contributed by atoms with Crippen LogP contribution in [0.3, 0.4) is 0 Å². The summed E-state index contributed by atoms with van der Waals surface area (Å²) < 4.78 is 44.9. The highest BCUT2D eigenvalue weighted by Crippen LogP contribution is 2.45. The maximum atomic E-state index is 6.79. The first-order chi connectivity index (χ1) is 18.7. The van der Waals surface area contributed by atoms with Crippen LogP contribution in [0.4, 0.5) is 0 Å². The van der Waals surface area contributed by atoms with Crippen molar-refractivity contribution in [2.24, 2.45) is 0 Å². The number of rotatable bonds is 8. The molecule has 0 spiro atoms. The molecule has 0 radical (unpaired) electrons. The van der Waals surface area contributed by atoms with E-state index in [1.807, 2.05) is 36.4 Å². The molecule has 4 fully saturated rings. The summed E-state index contributed by atoms with van der Waals surface area (Å²) >= 11 is 0. The number of fused-ring (bicyclic) bond motifs is 3. The SMILES string of the molecule is CO[C@@]12CC[C@@H]3O[C@H](COCc4ccccc4)[C@@H](OCc4ccccc4)C[C@H]3O[C@H]1C[C@H]1OCCC[C@@H]1O2. The maximum absolute atomic E-state index is 6.79. The number of hydrogen-bond donors (Lipinski definition) is 0. The molecule has 2 aromatic carbocycles. The van der Waals surface area contributed by atoms with Gasteiger partial charge in [0.25, 0.3) is 0 Å². The smallest absolute Gasteiger partial charge is 0.195 e. The lowest BCUT2D eigenvalue weighted by Gasteiger charge is -2.49. The van der Waals surface area contributed by atoms with Gasteiger partial charge in [0.15, 0.2) is 5.79 Å². The molecule has 0 unspecified atom stereocenters. The van der Waals surface area contributed by atoms with Crippen LogP contribution in [0.25, 0.3) is 0 Å². The largest absolute Gasteiger partial charge is 0.375 e. The van der Waals surface area contributed by atoms with E-state index < -0.39 is 5.79 Å². The molecule has 0 N–H and O–H groups in total. The zero-order valence-corrected chi connectivity index (χ0v) is 22.2. The molecule has 7 nitrogen and oxygen atoms in total. The van der Waals surface area contributed by atoms with Gasteiger partial charge in [-0.15, -0.1) is 0 Å². The summed E-state index contributed by atoms with van der Waals surface area (Å²) in [4.78, 5) is 0. The normalized spacial score (nSPS) is 36.9. The van der Waals surface area contributed by atoms with Gasteiger partial charge in [0, 0.05) is 33.0 Å². The summed E-state index contributed by atoms with van der Waals surface area (Å²) in [6.07, 6.45) is 4.48. The Balaban J connectivity index is 1.16. The molecule has 6 rings (SSSR count). The van der Waals surface area contributed by atoms with Crippen molar-refractivity contribution < 1.29 is 33.2 Å². The fourth-order valence-corrected chi connectivity index (χ4v) is 6.40. The predicted octanol–water partition coefficient (Wildman–Crippen LogP) is 4.80. The summed E-state index contributed by atoms with van der Waals surface area (Å²) in [5.41, 5.74) is 2.28. The first-order valence-corrected chi connectivity index (χ1v) is 14.1. The summed E-state index contributed by atoms with van der Waals surface area (Å²) in [5.74, 6) is -0.762. The molecule has 38 heavy (non-hydrogen) atoms. The lowest BCUT2D eigenvalue weighted by Crippen LogP contribution is -2.60. The van der Waals surface area contributed by atoms with Crippen molar-refractivity contribution in [3.05, 3.63) is 71.8 Å². The van der Waals surface area contributed by atoms with Gasteiger partial charge in [0.2, 0.25) is 0 Å². The lowest BCUT2D eigenvalue weighted by atomic mass is 9.89. The van der Waals surface area contributed by atoms with E-state index >= 15 is 0 Å². The second kappa shape index (κ2) is 12.1. The quantitative estimate of drug-likeness (QED) is 0.491. The first-order valence-electron chi connectivity index (χ1n) is 14.1. The van der Waals surface area contributed by atoms with Gasteiger partial charge in [-0.2, -0.15) is 0 Å². The zero-order valence-electron chi connectivity index (χ0n) is 22.2. The molecule has 206 valence electrons. The lowest BCUT2D eigenvalue weighted by molar-refractivity contribution is -0.351. The van der Waals surface area contributed by atoms with Gasteiger partial charge in [-0.05, 0) is 30.4 Å². The van der Waals surface area contributed by atoms with Crippen LogP contribution in [0.1, 0.15) is 49.7 Å². The summed E-state index contributed by atoms with van der Waals surface area (Å²) in [7, 11) is 1.74. The number of methoxy groups -OCH3 is 1. The molecule has 4 aliphatic heterocycles. The second-order valence-electron chi connectivity index (χ2n) is 10.9. The van der Waals surface area contributed by atoms with Gasteiger partial charge in [-0.1, -0.05) is 60.7 Å². The summed E-state index contributed by atoms with van der Waals surface area (Å²) in [6, 6.07) is 20.5. The molecule has 4 heterocycles. The van der Waals surface area contributed by atoms with E-state index in [9.17, 15) is 0 Å². The molecule has 4 saturated heterocycles.